The second-order valence-electron chi connectivity index (χ2n) is 7.34. The van der Waals surface area contributed by atoms with Crippen molar-refractivity contribution in [3.63, 3.8) is 0 Å². The number of benzene rings is 2. The number of rotatable bonds is 10. The van der Waals surface area contributed by atoms with Crippen molar-refractivity contribution < 1.29 is 9.59 Å². The third-order valence-electron chi connectivity index (χ3n) is 5.16. The van der Waals surface area contributed by atoms with Crippen molar-refractivity contribution in [1.82, 2.24) is 10.2 Å². The summed E-state index contributed by atoms with van der Waals surface area (Å²) in [5.41, 5.74) is 1.95. The molecule has 0 aliphatic rings. The molecule has 1 N–H and O–H groups in total. The molecule has 0 bridgehead atoms. The van der Waals surface area contributed by atoms with Crippen molar-refractivity contribution in [3.05, 3.63) is 70.7 Å². The average molecular weight is 415 g/mol. The maximum Gasteiger partial charge on any atom is 0.243 e. The zero-order valence-corrected chi connectivity index (χ0v) is 18.3. The minimum absolute atomic E-state index is 0.0417. The lowest BCUT2D eigenvalue weighted by atomic mass is 10.1. The van der Waals surface area contributed by atoms with E-state index >= 15 is 0 Å². The van der Waals surface area contributed by atoms with Gasteiger partial charge < -0.3 is 10.2 Å². The van der Waals surface area contributed by atoms with Gasteiger partial charge in [0.25, 0.3) is 0 Å². The Labute approximate surface area is 179 Å². The topological polar surface area (TPSA) is 49.4 Å². The molecule has 2 aromatic rings. The molecule has 0 saturated carbocycles. The van der Waals surface area contributed by atoms with Gasteiger partial charge in [0, 0.05) is 24.0 Å². The molecule has 4 nitrogen and oxygen atoms in total. The summed E-state index contributed by atoms with van der Waals surface area (Å²) >= 11 is 6.34. The number of aryl methyl sites for hydroxylation is 1. The van der Waals surface area contributed by atoms with E-state index in [0.29, 0.717) is 30.8 Å². The van der Waals surface area contributed by atoms with Crippen LogP contribution in [0.4, 0.5) is 0 Å². The van der Waals surface area contributed by atoms with Crippen LogP contribution in [-0.4, -0.2) is 28.8 Å². The van der Waals surface area contributed by atoms with Crippen molar-refractivity contribution in [2.45, 2.75) is 65.1 Å². The normalized spacial score (nSPS) is 12.8. The molecule has 0 spiro atoms. The van der Waals surface area contributed by atoms with Gasteiger partial charge in [-0.1, -0.05) is 74.0 Å². The van der Waals surface area contributed by atoms with Crippen molar-refractivity contribution in [1.29, 1.82) is 0 Å². The van der Waals surface area contributed by atoms with Gasteiger partial charge >= 0.3 is 0 Å². The Hall–Kier alpha value is -2.33. The van der Waals surface area contributed by atoms with Gasteiger partial charge in [-0.25, -0.2) is 0 Å². The van der Waals surface area contributed by atoms with E-state index in [4.69, 9.17) is 11.6 Å². The van der Waals surface area contributed by atoms with Crippen LogP contribution in [0.25, 0.3) is 0 Å². The Morgan fingerprint density at radius 1 is 1.00 bits per heavy atom. The molecule has 2 rings (SSSR count). The number of hydrogen-bond donors (Lipinski definition) is 1. The number of amides is 2. The summed E-state index contributed by atoms with van der Waals surface area (Å²) in [6.07, 6.45) is 2.38. The summed E-state index contributed by atoms with van der Waals surface area (Å²) < 4.78 is 0. The first-order chi connectivity index (χ1) is 14.0. The number of carbonyl (C=O) groups excluding carboxylic acids is 2. The molecule has 0 radical (unpaired) electrons. The minimum Gasteiger partial charge on any atom is -0.352 e. The molecule has 156 valence electrons. The van der Waals surface area contributed by atoms with Gasteiger partial charge in [-0.05, 0) is 43.4 Å². The molecule has 0 aromatic heterocycles. The van der Waals surface area contributed by atoms with Crippen LogP contribution in [0.5, 0.6) is 0 Å². The third-order valence-corrected chi connectivity index (χ3v) is 5.52. The molecule has 0 aliphatic heterocycles. The van der Waals surface area contributed by atoms with Crippen molar-refractivity contribution >= 4 is 23.4 Å². The summed E-state index contributed by atoms with van der Waals surface area (Å²) in [6.45, 7) is 6.25. The molecule has 0 unspecified atom stereocenters. The average Bonchev–Trinajstić information content (AvgIpc) is 2.73. The van der Waals surface area contributed by atoms with Gasteiger partial charge in [-0.15, -0.1) is 0 Å². The van der Waals surface area contributed by atoms with Crippen molar-refractivity contribution in [2.24, 2.45) is 0 Å². The standard InChI is InChI=1S/C24H31ClN2O2/c1-4-18(3)26-24(29)22(5-2)27(17-20-13-9-10-14-21(20)25)23(28)16-15-19-11-7-6-8-12-19/h6-14,18,22H,4-5,15-17H2,1-3H3,(H,26,29)/t18-,22-/m1/s1. The van der Waals surface area contributed by atoms with Gasteiger partial charge in [-0.2, -0.15) is 0 Å². The summed E-state index contributed by atoms with van der Waals surface area (Å²) in [4.78, 5) is 27.8. The van der Waals surface area contributed by atoms with Crippen LogP contribution in [-0.2, 0) is 22.6 Å². The molecule has 0 aliphatic carbocycles. The number of carbonyl (C=O) groups is 2. The third kappa shape index (κ3) is 6.90. The van der Waals surface area contributed by atoms with Gasteiger partial charge in [0.2, 0.25) is 11.8 Å². The molecule has 0 fully saturated rings. The number of hydrogen-bond acceptors (Lipinski definition) is 2. The number of halogens is 1. The van der Waals surface area contributed by atoms with Crippen LogP contribution in [0.2, 0.25) is 5.02 Å². The van der Waals surface area contributed by atoms with E-state index in [1.165, 1.54) is 0 Å². The lowest BCUT2D eigenvalue weighted by Crippen LogP contribution is -2.50. The van der Waals surface area contributed by atoms with Crippen LogP contribution >= 0.6 is 11.6 Å². The van der Waals surface area contributed by atoms with Crippen LogP contribution in [0, 0.1) is 0 Å². The molecule has 0 saturated heterocycles. The smallest absolute Gasteiger partial charge is 0.243 e. The van der Waals surface area contributed by atoms with Crippen LogP contribution in [0.3, 0.4) is 0 Å². The fourth-order valence-electron chi connectivity index (χ4n) is 3.21. The number of nitrogens with one attached hydrogen (secondary N) is 1. The minimum atomic E-state index is -0.524. The number of nitrogens with zero attached hydrogens (tertiary/aromatic N) is 1. The van der Waals surface area contributed by atoms with Crippen LogP contribution in [0.1, 0.15) is 51.2 Å². The molecule has 0 heterocycles. The van der Waals surface area contributed by atoms with Crippen LogP contribution in [0.15, 0.2) is 54.6 Å². The highest BCUT2D eigenvalue weighted by Gasteiger charge is 2.29. The lowest BCUT2D eigenvalue weighted by Gasteiger charge is -2.31. The second-order valence-corrected chi connectivity index (χ2v) is 7.75. The predicted molar refractivity (Wildman–Crippen MR) is 119 cm³/mol. The first-order valence-electron chi connectivity index (χ1n) is 10.3. The van der Waals surface area contributed by atoms with Gasteiger partial charge in [-0.3, -0.25) is 9.59 Å². The quantitative estimate of drug-likeness (QED) is 0.595. The molecule has 5 heteroatoms. The zero-order chi connectivity index (χ0) is 21.2. The molecule has 2 amide bonds. The monoisotopic (exact) mass is 414 g/mol. The summed E-state index contributed by atoms with van der Waals surface area (Å²) in [5, 5.41) is 3.63. The van der Waals surface area contributed by atoms with E-state index in [2.05, 4.69) is 5.32 Å². The Balaban J connectivity index is 2.22. The largest absolute Gasteiger partial charge is 0.352 e. The Morgan fingerprint density at radius 3 is 2.28 bits per heavy atom. The lowest BCUT2D eigenvalue weighted by molar-refractivity contribution is -0.141. The van der Waals surface area contributed by atoms with Gasteiger partial charge in [0.15, 0.2) is 0 Å². The molecular formula is C24H31ClN2O2. The highest BCUT2D eigenvalue weighted by Crippen LogP contribution is 2.21. The first-order valence-corrected chi connectivity index (χ1v) is 10.7. The fourth-order valence-corrected chi connectivity index (χ4v) is 3.41. The van der Waals surface area contributed by atoms with E-state index in [0.717, 1.165) is 17.5 Å². The SMILES string of the molecule is CC[C@@H](C)NC(=O)[C@@H](CC)N(Cc1ccccc1Cl)C(=O)CCc1ccccc1. The van der Waals surface area contributed by atoms with Crippen molar-refractivity contribution in [3.8, 4) is 0 Å². The Morgan fingerprint density at radius 2 is 1.66 bits per heavy atom. The molecular weight excluding hydrogens is 384 g/mol. The summed E-state index contributed by atoms with van der Waals surface area (Å²) in [5.74, 6) is -0.151. The second kappa shape index (κ2) is 11.6. The Bertz CT molecular complexity index is 794. The highest BCUT2D eigenvalue weighted by molar-refractivity contribution is 6.31. The molecule has 2 atom stereocenters. The van der Waals surface area contributed by atoms with E-state index in [-0.39, 0.29) is 17.9 Å². The zero-order valence-electron chi connectivity index (χ0n) is 17.5. The summed E-state index contributed by atoms with van der Waals surface area (Å²) in [6, 6.07) is 16.9. The van der Waals surface area contributed by atoms with Crippen molar-refractivity contribution in [2.75, 3.05) is 0 Å². The van der Waals surface area contributed by atoms with Gasteiger partial charge in [0.05, 0.1) is 0 Å². The predicted octanol–water partition coefficient (Wildman–Crippen LogP) is 4.99. The van der Waals surface area contributed by atoms with E-state index in [9.17, 15) is 9.59 Å². The first kappa shape index (κ1) is 23.0. The Kier molecular flexibility index (Phi) is 9.20. The maximum absolute atomic E-state index is 13.2. The van der Waals surface area contributed by atoms with Crippen LogP contribution < -0.4 is 5.32 Å². The van der Waals surface area contributed by atoms with E-state index in [1.807, 2.05) is 75.4 Å². The summed E-state index contributed by atoms with van der Waals surface area (Å²) in [7, 11) is 0. The van der Waals surface area contributed by atoms with Gasteiger partial charge in [0.1, 0.15) is 6.04 Å². The molecule has 29 heavy (non-hydrogen) atoms. The fraction of sp³-hybridized carbons (Fsp3) is 0.417. The maximum atomic E-state index is 13.2. The molecule has 2 aromatic carbocycles. The highest BCUT2D eigenvalue weighted by atomic mass is 35.5. The van der Waals surface area contributed by atoms with E-state index < -0.39 is 6.04 Å². The van der Waals surface area contributed by atoms with E-state index in [1.54, 1.807) is 4.90 Å².